The van der Waals surface area contributed by atoms with Crippen LogP contribution in [0.5, 0.6) is 0 Å². The van der Waals surface area contributed by atoms with Crippen LogP contribution in [-0.2, 0) is 15.0 Å². The lowest BCUT2D eigenvalue weighted by atomic mass is 9.78. The summed E-state index contributed by atoms with van der Waals surface area (Å²) in [7, 11) is 0. The van der Waals surface area contributed by atoms with Crippen LogP contribution in [0, 0.1) is 0 Å². The lowest BCUT2D eigenvalue weighted by Crippen LogP contribution is -2.46. The molecule has 0 aliphatic heterocycles. The second-order valence-electron chi connectivity index (χ2n) is 6.05. The molecule has 2 aromatic carbocycles. The zero-order chi connectivity index (χ0) is 19.2. The van der Waals surface area contributed by atoms with Crippen molar-refractivity contribution in [3.63, 3.8) is 0 Å². The molecule has 3 N–H and O–H groups in total. The Bertz CT molecular complexity index is 787. The number of carbonyl (C=O) groups excluding carboxylic acids is 2. The van der Waals surface area contributed by atoms with Crippen molar-refractivity contribution in [1.82, 2.24) is 5.32 Å². The van der Waals surface area contributed by atoms with E-state index < -0.39 is 11.4 Å². The Hall–Kier alpha value is -3.15. The lowest BCUT2D eigenvalue weighted by molar-refractivity contribution is -0.143. The van der Waals surface area contributed by atoms with Gasteiger partial charge in [0.1, 0.15) is 5.41 Å². The number of carbonyl (C=O) groups is 3. The van der Waals surface area contributed by atoms with E-state index in [1.54, 1.807) is 55.5 Å². The van der Waals surface area contributed by atoms with Gasteiger partial charge in [-0.3, -0.25) is 14.4 Å². The van der Waals surface area contributed by atoms with Gasteiger partial charge in [-0.05, 0) is 36.2 Å². The molecule has 2 amide bonds. The van der Waals surface area contributed by atoms with Crippen molar-refractivity contribution in [2.45, 2.75) is 25.7 Å². The summed E-state index contributed by atoms with van der Waals surface area (Å²) >= 11 is 0. The number of nitrogens with one attached hydrogen (secondary N) is 2. The van der Waals surface area contributed by atoms with Crippen LogP contribution in [0.15, 0.2) is 54.6 Å². The molecule has 0 radical (unpaired) electrons. The van der Waals surface area contributed by atoms with Crippen molar-refractivity contribution in [3.8, 4) is 0 Å². The largest absolute Gasteiger partial charge is 0.481 e. The molecule has 0 aromatic heterocycles. The highest BCUT2D eigenvalue weighted by Crippen LogP contribution is 2.28. The number of aliphatic carboxylic acids is 1. The molecule has 2 rings (SSSR count). The van der Waals surface area contributed by atoms with E-state index in [2.05, 4.69) is 10.6 Å². The van der Waals surface area contributed by atoms with Gasteiger partial charge in [-0.2, -0.15) is 0 Å². The first-order chi connectivity index (χ1) is 12.4. The van der Waals surface area contributed by atoms with E-state index in [0.29, 0.717) is 23.2 Å². The first kappa shape index (κ1) is 19.2. The minimum absolute atomic E-state index is 0.0187. The fourth-order valence-corrected chi connectivity index (χ4v) is 2.78. The minimum Gasteiger partial charge on any atom is -0.481 e. The summed E-state index contributed by atoms with van der Waals surface area (Å²) in [5.74, 6) is -1.54. The Morgan fingerprint density at radius 1 is 1.00 bits per heavy atom. The molecule has 0 bridgehead atoms. The monoisotopic (exact) mass is 354 g/mol. The van der Waals surface area contributed by atoms with Crippen LogP contribution in [0.1, 0.15) is 36.2 Å². The Balaban J connectivity index is 2.14. The zero-order valence-electron chi connectivity index (χ0n) is 14.8. The van der Waals surface area contributed by atoms with Gasteiger partial charge in [0, 0.05) is 24.7 Å². The highest BCUT2D eigenvalue weighted by molar-refractivity contribution is 5.96. The van der Waals surface area contributed by atoms with Crippen molar-refractivity contribution in [3.05, 3.63) is 65.7 Å². The van der Waals surface area contributed by atoms with Crippen molar-refractivity contribution in [2.75, 3.05) is 11.9 Å². The van der Waals surface area contributed by atoms with E-state index in [1.807, 2.05) is 6.07 Å². The van der Waals surface area contributed by atoms with E-state index in [9.17, 15) is 19.5 Å². The molecule has 0 fully saturated rings. The second-order valence-corrected chi connectivity index (χ2v) is 6.05. The van der Waals surface area contributed by atoms with Crippen molar-refractivity contribution in [1.29, 1.82) is 0 Å². The molecule has 1 atom stereocenters. The van der Waals surface area contributed by atoms with Crippen LogP contribution in [0.25, 0.3) is 0 Å². The summed E-state index contributed by atoms with van der Waals surface area (Å²) in [5.41, 5.74) is 0.443. The predicted molar refractivity (Wildman–Crippen MR) is 99.1 cm³/mol. The molecule has 0 aliphatic rings. The van der Waals surface area contributed by atoms with Crippen LogP contribution in [0.2, 0.25) is 0 Å². The molecule has 1 unspecified atom stereocenters. The Kier molecular flexibility index (Phi) is 6.11. The second kappa shape index (κ2) is 8.29. The highest BCUT2D eigenvalue weighted by Gasteiger charge is 2.39. The normalized spacial score (nSPS) is 12.7. The number of rotatable bonds is 7. The summed E-state index contributed by atoms with van der Waals surface area (Å²) < 4.78 is 0. The van der Waals surface area contributed by atoms with Gasteiger partial charge in [-0.1, -0.05) is 37.3 Å². The summed E-state index contributed by atoms with van der Waals surface area (Å²) in [6, 6.07) is 15.3. The zero-order valence-corrected chi connectivity index (χ0v) is 14.8. The Morgan fingerprint density at radius 2 is 1.62 bits per heavy atom. The topological polar surface area (TPSA) is 95.5 Å². The van der Waals surface area contributed by atoms with Gasteiger partial charge in [0.2, 0.25) is 5.91 Å². The third-order valence-corrected chi connectivity index (χ3v) is 4.36. The number of benzene rings is 2. The van der Waals surface area contributed by atoms with Crippen LogP contribution < -0.4 is 10.6 Å². The summed E-state index contributed by atoms with van der Waals surface area (Å²) in [4.78, 5) is 35.4. The van der Waals surface area contributed by atoms with E-state index in [4.69, 9.17) is 0 Å². The molecule has 2 aromatic rings. The van der Waals surface area contributed by atoms with Gasteiger partial charge in [0.15, 0.2) is 0 Å². The van der Waals surface area contributed by atoms with Crippen LogP contribution in [0.3, 0.4) is 0 Å². The van der Waals surface area contributed by atoms with E-state index in [-0.39, 0.29) is 18.4 Å². The van der Waals surface area contributed by atoms with Gasteiger partial charge >= 0.3 is 5.97 Å². The quantitative estimate of drug-likeness (QED) is 0.712. The third kappa shape index (κ3) is 4.27. The summed E-state index contributed by atoms with van der Waals surface area (Å²) in [6.45, 7) is 3.17. The SMILES string of the molecule is CCC(CNC(=O)c1ccc(NC(C)=O)cc1)(C(=O)O)c1ccccc1. The molecule has 136 valence electrons. The van der Waals surface area contributed by atoms with Crippen molar-refractivity contribution in [2.24, 2.45) is 0 Å². The van der Waals surface area contributed by atoms with Gasteiger partial charge in [-0.25, -0.2) is 0 Å². The maximum absolute atomic E-state index is 12.4. The van der Waals surface area contributed by atoms with E-state index >= 15 is 0 Å². The fraction of sp³-hybridized carbons (Fsp3) is 0.250. The third-order valence-electron chi connectivity index (χ3n) is 4.36. The Labute approximate surface area is 152 Å². The number of hydrogen-bond acceptors (Lipinski definition) is 3. The summed E-state index contributed by atoms with van der Waals surface area (Å²) in [6.07, 6.45) is 0.341. The van der Waals surface area contributed by atoms with Crippen LogP contribution >= 0.6 is 0 Å². The smallest absolute Gasteiger partial charge is 0.315 e. The molecule has 0 saturated carbocycles. The number of anilines is 1. The highest BCUT2D eigenvalue weighted by atomic mass is 16.4. The van der Waals surface area contributed by atoms with Crippen molar-refractivity contribution < 1.29 is 19.5 Å². The molecule has 0 heterocycles. The molecule has 6 heteroatoms. The lowest BCUT2D eigenvalue weighted by Gasteiger charge is -2.29. The Morgan fingerprint density at radius 3 is 2.12 bits per heavy atom. The average Bonchev–Trinajstić information content (AvgIpc) is 2.63. The molecule has 6 nitrogen and oxygen atoms in total. The van der Waals surface area contributed by atoms with E-state index in [1.165, 1.54) is 6.92 Å². The maximum atomic E-state index is 12.4. The molecule has 0 spiro atoms. The molecular weight excluding hydrogens is 332 g/mol. The minimum atomic E-state index is -1.19. The van der Waals surface area contributed by atoms with Gasteiger partial charge < -0.3 is 15.7 Å². The number of hydrogen-bond donors (Lipinski definition) is 3. The number of carboxylic acids is 1. The molecule has 0 aliphatic carbocycles. The standard InChI is InChI=1S/C20H22N2O4/c1-3-20(19(25)26,16-7-5-4-6-8-16)13-21-18(24)15-9-11-17(12-10-15)22-14(2)23/h4-12H,3,13H2,1-2H3,(H,21,24)(H,22,23)(H,25,26). The molecule has 26 heavy (non-hydrogen) atoms. The fourth-order valence-electron chi connectivity index (χ4n) is 2.78. The van der Waals surface area contributed by atoms with Gasteiger partial charge in [0.05, 0.1) is 0 Å². The first-order valence-electron chi connectivity index (χ1n) is 8.34. The molecular formula is C20H22N2O4. The predicted octanol–water partition coefficient (Wildman–Crippen LogP) is 2.81. The van der Waals surface area contributed by atoms with Crippen LogP contribution in [-0.4, -0.2) is 29.4 Å². The molecule has 0 saturated heterocycles. The van der Waals surface area contributed by atoms with Crippen LogP contribution in [0.4, 0.5) is 5.69 Å². The maximum Gasteiger partial charge on any atom is 0.315 e. The van der Waals surface area contributed by atoms with Crippen molar-refractivity contribution >= 4 is 23.5 Å². The first-order valence-corrected chi connectivity index (χ1v) is 8.34. The van der Waals surface area contributed by atoms with Gasteiger partial charge in [0.25, 0.3) is 5.91 Å². The number of amides is 2. The summed E-state index contributed by atoms with van der Waals surface area (Å²) in [5, 5.41) is 15.1. The van der Waals surface area contributed by atoms with E-state index in [0.717, 1.165) is 0 Å². The number of carboxylic acid groups (broad SMARTS) is 1. The average molecular weight is 354 g/mol. The van der Waals surface area contributed by atoms with Gasteiger partial charge in [-0.15, -0.1) is 0 Å².